The molecule has 3 rings (SSSR count). The Kier molecular flexibility index (Phi) is 5.79. The van der Waals surface area contributed by atoms with Crippen LogP contribution in [0.4, 0.5) is 0 Å². The Morgan fingerprint density at radius 1 is 1.15 bits per heavy atom. The van der Waals surface area contributed by atoms with Gasteiger partial charge >= 0.3 is 0 Å². The molecule has 1 fully saturated rings. The zero-order valence-electron chi connectivity index (χ0n) is 14.4. The fourth-order valence-corrected chi connectivity index (χ4v) is 5.09. The molecule has 2 unspecified atom stereocenters. The predicted octanol–water partition coefficient (Wildman–Crippen LogP) is 3.48. The quantitative estimate of drug-likeness (QED) is 0.779. The van der Waals surface area contributed by atoms with E-state index >= 15 is 0 Å². The largest absolute Gasteiger partial charge is 0.348 e. The van der Waals surface area contributed by atoms with E-state index in [-0.39, 0.29) is 16.8 Å². The zero-order valence-corrected chi connectivity index (χ0v) is 16.8. The van der Waals surface area contributed by atoms with Crippen molar-refractivity contribution in [2.75, 3.05) is 6.54 Å². The van der Waals surface area contributed by atoms with Gasteiger partial charge in [-0.25, -0.2) is 8.42 Å². The molecule has 1 saturated heterocycles. The summed E-state index contributed by atoms with van der Waals surface area (Å²) in [6, 6.07) is 15.3. The summed E-state index contributed by atoms with van der Waals surface area (Å²) >= 11 is 3.31. The molecule has 1 heterocycles. The molecule has 2 atom stereocenters. The zero-order chi connectivity index (χ0) is 18.7. The van der Waals surface area contributed by atoms with E-state index < -0.39 is 16.1 Å². The van der Waals surface area contributed by atoms with Crippen molar-refractivity contribution in [3.63, 3.8) is 0 Å². The average Bonchev–Trinajstić information content (AvgIpc) is 3.13. The van der Waals surface area contributed by atoms with Crippen LogP contribution in [0.15, 0.2) is 64.0 Å². The highest BCUT2D eigenvalue weighted by Gasteiger charge is 2.39. The molecule has 1 aliphatic heterocycles. The van der Waals surface area contributed by atoms with E-state index in [1.54, 1.807) is 24.3 Å². The highest BCUT2D eigenvalue weighted by Crippen LogP contribution is 2.27. The summed E-state index contributed by atoms with van der Waals surface area (Å²) in [5.74, 6) is -0.250. The number of benzene rings is 2. The van der Waals surface area contributed by atoms with E-state index in [9.17, 15) is 13.2 Å². The van der Waals surface area contributed by atoms with Crippen LogP contribution in [0.5, 0.6) is 0 Å². The summed E-state index contributed by atoms with van der Waals surface area (Å²) in [6.07, 6.45) is 1.21. The summed E-state index contributed by atoms with van der Waals surface area (Å²) in [5, 5.41) is 2.95. The van der Waals surface area contributed by atoms with E-state index in [4.69, 9.17) is 0 Å². The number of hydrogen-bond acceptors (Lipinski definition) is 3. The highest BCUT2D eigenvalue weighted by atomic mass is 79.9. The second kappa shape index (κ2) is 7.90. The third kappa shape index (κ3) is 4.00. The first-order valence-corrected chi connectivity index (χ1v) is 10.8. The predicted molar refractivity (Wildman–Crippen MR) is 104 cm³/mol. The molecule has 2 aromatic rings. The topological polar surface area (TPSA) is 66.5 Å². The molecule has 0 spiro atoms. The maximum atomic E-state index is 12.9. The number of carbonyl (C=O) groups is 1. The molecule has 0 radical (unpaired) electrons. The lowest BCUT2D eigenvalue weighted by Crippen LogP contribution is -2.46. The molecule has 1 aliphatic rings. The Labute approximate surface area is 162 Å². The fraction of sp³-hybridized carbons (Fsp3) is 0.316. The summed E-state index contributed by atoms with van der Waals surface area (Å²) in [5.41, 5.74) is 0.987. The summed E-state index contributed by atoms with van der Waals surface area (Å²) < 4.78 is 28.0. The van der Waals surface area contributed by atoms with Crippen molar-refractivity contribution in [2.45, 2.75) is 36.7 Å². The molecular weight excluding hydrogens is 416 g/mol. The van der Waals surface area contributed by atoms with E-state index in [0.29, 0.717) is 19.4 Å². The second-order valence-corrected chi connectivity index (χ2v) is 9.17. The molecule has 5 nitrogen and oxygen atoms in total. The molecule has 1 N–H and O–H groups in total. The van der Waals surface area contributed by atoms with E-state index in [1.807, 2.05) is 37.3 Å². The van der Waals surface area contributed by atoms with Crippen molar-refractivity contribution in [3.05, 3.63) is 64.6 Å². The molecule has 2 aromatic carbocycles. The molecule has 7 heteroatoms. The Morgan fingerprint density at radius 2 is 1.81 bits per heavy atom. The van der Waals surface area contributed by atoms with Crippen LogP contribution in [0, 0.1) is 0 Å². The number of halogens is 1. The first-order valence-electron chi connectivity index (χ1n) is 8.52. The van der Waals surface area contributed by atoms with Crippen LogP contribution in [-0.4, -0.2) is 31.2 Å². The second-order valence-electron chi connectivity index (χ2n) is 6.37. The first kappa shape index (κ1) is 19.1. The standard InChI is InChI=1S/C19H21BrN2O3S/c1-14(15-6-3-2-4-7-15)21-19(23)18-8-5-13-22(18)26(24,25)17-11-9-16(20)10-12-17/h2-4,6-7,9-12,14,18H,5,8,13H2,1H3,(H,21,23). The van der Waals surface area contributed by atoms with Gasteiger partial charge in [-0.05, 0) is 49.6 Å². The van der Waals surface area contributed by atoms with Gasteiger partial charge in [0.15, 0.2) is 0 Å². The molecule has 0 aliphatic carbocycles. The van der Waals surface area contributed by atoms with Gasteiger partial charge < -0.3 is 5.32 Å². The van der Waals surface area contributed by atoms with Gasteiger partial charge in [-0.2, -0.15) is 4.31 Å². The number of carbonyl (C=O) groups excluding carboxylic acids is 1. The van der Waals surface area contributed by atoms with Crippen molar-refractivity contribution in [1.29, 1.82) is 0 Å². The van der Waals surface area contributed by atoms with Crippen LogP contribution in [0.2, 0.25) is 0 Å². The summed E-state index contributed by atoms with van der Waals surface area (Å²) in [6.45, 7) is 2.26. The lowest BCUT2D eigenvalue weighted by Gasteiger charge is -2.25. The van der Waals surface area contributed by atoms with Crippen molar-refractivity contribution in [3.8, 4) is 0 Å². The minimum absolute atomic E-state index is 0.179. The Bertz CT molecular complexity index is 869. The summed E-state index contributed by atoms with van der Waals surface area (Å²) in [4.78, 5) is 13.0. The van der Waals surface area contributed by atoms with Crippen molar-refractivity contribution in [2.24, 2.45) is 0 Å². The Hall–Kier alpha value is -1.70. The Balaban J connectivity index is 1.77. The molecule has 0 bridgehead atoms. The first-order chi connectivity index (χ1) is 12.4. The number of nitrogens with one attached hydrogen (secondary N) is 1. The monoisotopic (exact) mass is 436 g/mol. The van der Waals surface area contributed by atoms with Crippen molar-refractivity contribution >= 4 is 31.9 Å². The maximum absolute atomic E-state index is 12.9. The van der Waals surface area contributed by atoms with E-state index in [1.165, 1.54) is 4.31 Å². The van der Waals surface area contributed by atoms with Gasteiger partial charge in [0.25, 0.3) is 0 Å². The maximum Gasteiger partial charge on any atom is 0.243 e. The van der Waals surface area contributed by atoms with Gasteiger partial charge in [-0.15, -0.1) is 0 Å². The smallest absolute Gasteiger partial charge is 0.243 e. The lowest BCUT2D eigenvalue weighted by atomic mass is 10.1. The number of nitrogens with zero attached hydrogens (tertiary/aromatic N) is 1. The molecule has 138 valence electrons. The van der Waals surface area contributed by atoms with E-state index in [0.717, 1.165) is 10.0 Å². The number of amides is 1. The van der Waals surface area contributed by atoms with Gasteiger partial charge in [0.2, 0.25) is 15.9 Å². The van der Waals surface area contributed by atoms with Gasteiger partial charge in [0, 0.05) is 11.0 Å². The van der Waals surface area contributed by atoms with Gasteiger partial charge in [0.1, 0.15) is 6.04 Å². The third-order valence-electron chi connectivity index (χ3n) is 4.58. The summed E-state index contributed by atoms with van der Waals surface area (Å²) in [7, 11) is -3.70. The molecule has 1 amide bonds. The minimum Gasteiger partial charge on any atom is -0.348 e. The molecule has 26 heavy (non-hydrogen) atoms. The van der Waals surface area contributed by atoms with Crippen molar-refractivity contribution < 1.29 is 13.2 Å². The number of rotatable bonds is 5. The van der Waals surface area contributed by atoms with Crippen LogP contribution in [0.25, 0.3) is 0 Å². The average molecular weight is 437 g/mol. The SMILES string of the molecule is CC(NC(=O)C1CCCN1S(=O)(=O)c1ccc(Br)cc1)c1ccccc1. The van der Waals surface area contributed by atoms with Crippen LogP contribution < -0.4 is 5.32 Å². The Morgan fingerprint density at radius 3 is 2.46 bits per heavy atom. The normalized spacial score (nSPS) is 19.2. The molecule has 0 saturated carbocycles. The molecular formula is C19H21BrN2O3S. The number of sulfonamides is 1. The van der Waals surface area contributed by atoms with Crippen LogP contribution in [-0.2, 0) is 14.8 Å². The van der Waals surface area contributed by atoms with Gasteiger partial charge in [-0.3, -0.25) is 4.79 Å². The number of hydrogen-bond donors (Lipinski definition) is 1. The van der Waals surface area contributed by atoms with Crippen molar-refractivity contribution in [1.82, 2.24) is 9.62 Å². The van der Waals surface area contributed by atoms with Crippen LogP contribution >= 0.6 is 15.9 Å². The van der Waals surface area contributed by atoms with E-state index in [2.05, 4.69) is 21.2 Å². The highest BCUT2D eigenvalue weighted by molar-refractivity contribution is 9.10. The van der Waals surface area contributed by atoms with Crippen LogP contribution in [0.3, 0.4) is 0 Å². The third-order valence-corrected chi connectivity index (χ3v) is 7.04. The fourth-order valence-electron chi connectivity index (χ4n) is 3.17. The minimum atomic E-state index is -3.70. The molecule has 0 aromatic heterocycles. The van der Waals surface area contributed by atoms with Gasteiger partial charge in [-0.1, -0.05) is 46.3 Å². The lowest BCUT2D eigenvalue weighted by molar-refractivity contribution is -0.124. The van der Waals surface area contributed by atoms with Gasteiger partial charge in [0.05, 0.1) is 10.9 Å². The van der Waals surface area contributed by atoms with Crippen LogP contribution in [0.1, 0.15) is 31.4 Å².